The molecule has 0 bridgehead atoms. The van der Waals surface area contributed by atoms with Crippen molar-refractivity contribution in [1.29, 1.82) is 0 Å². The van der Waals surface area contributed by atoms with E-state index >= 15 is 0 Å². The van der Waals surface area contributed by atoms with Gasteiger partial charge in [0, 0.05) is 10.6 Å². The van der Waals surface area contributed by atoms with Crippen LogP contribution in [0.2, 0.25) is 5.02 Å². The molecule has 2 rings (SSSR count). The van der Waals surface area contributed by atoms with Gasteiger partial charge in [0.05, 0.1) is 6.04 Å². The molecule has 0 spiro atoms. The van der Waals surface area contributed by atoms with Crippen molar-refractivity contribution in [3.63, 3.8) is 0 Å². The molecule has 1 atom stereocenters. The largest absolute Gasteiger partial charge is 0.306 e. The molecule has 0 saturated carbocycles. The minimum absolute atomic E-state index is 0.310. The Morgan fingerprint density at radius 3 is 2.62 bits per heavy atom. The van der Waals surface area contributed by atoms with Crippen molar-refractivity contribution in [2.45, 2.75) is 26.3 Å². The van der Waals surface area contributed by atoms with E-state index in [1.54, 1.807) is 12.1 Å². The fourth-order valence-corrected chi connectivity index (χ4v) is 2.40. The highest BCUT2D eigenvalue weighted by Gasteiger charge is 2.19. The Bertz CT molecular complexity index is 628. The second-order valence-corrected chi connectivity index (χ2v) is 5.45. The Labute approximate surface area is 128 Å². The topological polar surface area (TPSA) is 12.0 Å². The molecule has 1 N–H and O–H groups in total. The summed E-state index contributed by atoms with van der Waals surface area (Å²) in [6.07, 6.45) is 0.903. The molecule has 0 aromatic heterocycles. The van der Waals surface area contributed by atoms with E-state index in [1.807, 2.05) is 26.0 Å². The van der Waals surface area contributed by atoms with Gasteiger partial charge >= 0.3 is 0 Å². The van der Waals surface area contributed by atoms with Crippen molar-refractivity contribution in [3.8, 4) is 0 Å². The van der Waals surface area contributed by atoms with E-state index in [-0.39, 0.29) is 0 Å². The van der Waals surface area contributed by atoms with Gasteiger partial charge < -0.3 is 5.32 Å². The van der Waals surface area contributed by atoms with Gasteiger partial charge in [0.2, 0.25) is 0 Å². The third kappa shape index (κ3) is 3.60. The minimum Gasteiger partial charge on any atom is -0.306 e. The molecule has 21 heavy (non-hydrogen) atoms. The van der Waals surface area contributed by atoms with Crippen molar-refractivity contribution in [1.82, 2.24) is 5.32 Å². The molecule has 0 aliphatic heterocycles. The zero-order valence-electron chi connectivity index (χ0n) is 12.1. The standard InChI is InChI=1S/C17H18ClF2N/c1-3-9-21-17(12-7-8-14(18)11(2)10-12)13-5-4-6-15(19)16(13)20/h4-8,10,17,21H,3,9H2,1-2H3. The maximum atomic E-state index is 14.1. The van der Waals surface area contributed by atoms with Crippen LogP contribution in [0.3, 0.4) is 0 Å². The summed E-state index contributed by atoms with van der Waals surface area (Å²) in [6.45, 7) is 4.63. The predicted molar refractivity (Wildman–Crippen MR) is 82.7 cm³/mol. The van der Waals surface area contributed by atoms with Gasteiger partial charge in [0.25, 0.3) is 0 Å². The maximum Gasteiger partial charge on any atom is 0.163 e. The van der Waals surface area contributed by atoms with Gasteiger partial charge in [-0.1, -0.05) is 42.8 Å². The first kappa shape index (κ1) is 15.9. The van der Waals surface area contributed by atoms with E-state index in [2.05, 4.69) is 5.32 Å². The molecule has 0 radical (unpaired) electrons. The van der Waals surface area contributed by atoms with Crippen molar-refractivity contribution in [3.05, 3.63) is 69.7 Å². The zero-order valence-corrected chi connectivity index (χ0v) is 12.8. The lowest BCUT2D eigenvalue weighted by Gasteiger charge is -2.21. The Kier molecular flexibility index (Phi) is 5.32. The number of hydrogen-bond acceptors (Lipinski definition) is 1. The van der Waals surface area contributed by atoms with E-state index in [1.165, 1.54) is 6.07 Å². The lowest BCUT2D eigenvalue weighted by Crippen LogP contribution is -2.24. The van der Waals surface area contributed by atoms with Crippen LogP contribution in [0.25, 0.3) is 0 Å². The first-order chi connectivity index (χ1) is 10.0. The zero-order chi connectivity index (χ0) is 15.4. The van der Waals surface area contributed by atoms with E-state index in [0.29, 0.717) is 17.1 Å². The average molecular weight is 310 g/mol. The van der Waals surface area contributed by atoms with E-state index in [4.69, 9.17) is 11.6 Å². The summed E-state index contributed by atoms with van der Waals surface area (Å²) in [7, 11) is 0. The summed E-state index contributed by atoms with van der Waals surface area (Å²) in [5, 5.41) is 3.93. The molecule has 2 aromatic rings. The summed E-state index contributed by atoms with van der Waals surface area (Å²) in [4.78, 5) is 0. The van der Waals surface area contributed by atoms with Crippen LogP contribution in [0.1, 0.15) is 36.1 Å². The highest BCUT2D eigenvalue weighted by Crippen LogP contribution is 2.28. The Morgan fingerprint density at radius 2 is 1.95 bits per heavy atom. The molecular weight excluding hydrogens is 292 g/mol. The fourth-order valence-electron chi connectivity index (χ4n) is 2.29. The van der Waals surface area contributed by atoms with Gasteiger partial charge in [0.1, 0.15) is 0 Å². The number of benzene rings is 2. The average Bonchev–Trinajstić information content (AvgIpc) is 2.47. The second kappa shape index (κ2) is 7.01. The van der Waals surface area contributed by atoms with Gasteiger partial charge in [-0.15, -0.1) is 0 Å². The Hall–Kier alpha value is -1.45. The van der Waals surface area contributed by atoms with Crippen LogP contribution in [0, 0.1) is 18.6 Å². The summed E-state index contributed by atoms with van der Waals surface area (Å²) in [5.41, 5.74) is 2.09. The Balaban J connectivity index is 2.47. The van der Waals surface area contributed by atoms with Gasteiger partial charge in [-0.2, -0.15) is 0 Å². The normalized spacial score (nSPS) is 12.4. The van der Waals surface area contributed by atoms with Crippen LogP contribution >= 0.6 is 11.6 Å². The Morgan fingerprint density at radius 1 is 1.19 bits per heavy atom. The van der Waals surface area contributed by atoms with Crippen LogP contribution in [0.5, 0.6) is 0 Å². The molecule has 112 valence electrons. The molecule has 1 nitrogen and oxygen atoms in total. The van der Waals surface area contributed by atoms with Crippen molar-refractivity contribution < 1.29 is 8.78 Å². The van der Waals surface area contributed by atoms with Gasteiger partial charge in [-0.3, -0.25) is 0 Å². The van der Waals surface area contributed by atoms with Crippen molar-refractivity contribution in [2.24, 2.45) is 0 Å². The highest BCUT2D eigenvalue weighted by atomic mass is 35.5. The molecule has 0 aliphatic rings. The van der Waals surface area contributed by atoms with Gasteiger partial charge in [-0.25, -0.2) is 8.78 Å². The quantitative estimate of drug-likeness (QED) is 0.818. The van der Waals surface area contributed by atoms with Gasteiger partial charge in [0.15, 0.2) is 11.6 Å². The first-order valence-electron chi connectivity index (χ1n) is 6.98. The van der Waals surface area contributed by atoms with E-state index in [0.717, 1.165) is 23.6 Å². The summed E-state index contributed by atoms with van der Waals surface area (Å²) in [6, 6.07) is 9.39. The number of nitrogens with one attached hydrogen (secondary N) is 1. The number of hydrogen-bond donors (Lipinski definition) is 1. The molecule has 4 heteroatoms. The summed E-state index contributed by atoms with van der Waals surface area (Å²) in [5.74, 6) is -1.64. The third-order valence-electron chi connectivity index (χ3n) is 3.41. The van der Waals surface area contributed by atoms with E-state index in [9.17, 15) is 8.78 Å². The molecular formula is C17H18ClF2N. The van der Waals surface area contributed by atoms with Crippen molar-refractivity contribution >= 4 is 11.6 Å². The minimum atomic E-state index is -0.832. The molecule has 0 fully saturated rings. The van der Waals surface area contributed by atoms with Crippen LogP contribution in [0.4, 0.5) is 8.78 Å². The molecule has 2 aromatic carbocycles. The van der Waals surface area contributed by atoms with Gasteiger partial charge in [-0.05, 0) is 43.1 Å². The number of rotatable bonds is 5. The monoisotopic (exact) mass is 309 g/mol. The molecule has 0 saturated heterocycles. The smallest absolute Gasteiger partial charge is 0.163 e. The maximum absolute atomic E-state index is 14.1. The third-order valence-corrected chi connectivity index (χ3v) is 3.83. The molecule has 1 unspecified atom stereocenters. The molecule has 0 amide bonds. The van der Waals surface area contributed by atoms with Crippen LogP contribution in [-0.4, -0.2) is 6.54 Å². The van der Waals surface area contributed by atoms with Crippen molar-refractivity contribution in [2.75, 3.05) is 6.54 Å². The van der Waals surface area contributed by atoms with Crippen LogP contribution < -0.4 is 5.32 Å². The second-order valence-electron chi connectivity index (χ2n) is 5.04. The highest BCUT2D eigenvalue weighted by molar-refractivity contribution is 6.31. The summed E-state index contributed by atoms with van der Waals surface area (Å²) < 4.78 is 27.6. The predicted octanol–water partition coefficient (Wildman–Crippen LogP) is 5.02. The number of aryl methyl sites for hydroxylation is 1. The van der Waals surface area contributed by atoms with E-state index < -0.39 is 17.7 Å². The lowest BCUT2D eigenvalue weighted by atomic mass is 9.96. The lowest BCUT2D eigenvalue weighted by molar-refractivity contribution is 0.480. The summed E-state index contributed by atoms with van der Waals surface area (Å²) >= 11 is 6.04. The first-order valence-corrected chi connectivity index (χ1v) is 7.35. The fraction of sp³-hybridized carbons (Fsp3) is 0.294. The molecule has 0 heterocycles. The van der Waals surface area contributed by atoms with Crippen LogP contribution in [-0.2, 0) is 0 Å². The van der Waals surface area contributed by atoms with Crippen LogP contribution in [0.15, 0.2) is 36.4 Å². The number of halogens is 3. The molecule has 0 aliphatic carbocycles. The SMILES string of the molecule is CCCNC(c1ccc(Cl)c(C)c1)c1cccc(F)c1F.